The first-order chi connectivity index (χ1) is 15.2. The first-order valence-electron chi connectivity index (χ1n) is 9.61. The lowest BCUT2D eigenvalue weighted by Crippen LogP contribution is -2.30. The summed E-state index contributed by atoms with van der Waals surface area (Å²) in [5, 5.41) is 2.63. The molecule has 0 aromatic heterocycles. The molecule has 0 aliphatic heterocycles. The van der Waals surface area contributed by atoms with Crippen LogP contribution in [0, 0.1) is 12.7 Å². The molecule has 1 atom stereocenters. The van der Waals surface area contributed by atoms with Crippen molar-refractivity contribution in [1.82, 2.24) is 0 Å². The molecule has 0 radical (unpaired) electrons. The maximum Gasteiger partial charge on any atom is 0.338 e. The molecule has 0 saturated carbocycles. The topological polar surface area (TPSA) is 102 Å². The molecule has 3 aromatic rings. The highest BCUT2D eigenvalue weighted by atomic mass is 32.2. The van der Waals surface area contributed by atoms with E-state index in [0.717, 1.165) is 12.1 Å². The Morgan fingerprint density at radius 3 is 2.25 bits per heavy atom. The van der Waals surface area contributed by atoms with Gasteiger partial charge in [0.1, 0.15) is 5.82 Å². The number of halogens is 1. The predicted octanol–water partition coefficient (Wildman–Crippen LogP) is 4.12. The minimum Gasteiger partial charge on any atom is -0.449 e. The Labute approximate surface area is 185 Å². The first kappa shape index (κ1) is 23.0. The molecule has 1 amide bonds. The molecule has 2 N–H and O–H groups in total. The fourth-order valence-electron chi connectivity index (χ4n) is 2.79. The molecule has 0 bridgehead atoms. The fraction of sp³-hybridized carbons (Fsp3) is 0.130. The van der Waals surface area contributed by atoms with E-state index < -0.39 is 33.8 Å². The number of esters is 1. The number of aryl methyl sites for hydroxylation is 1. The van der Waals surface area contributed by atoms with E-state index in [0.29, 0.717) is 11.3 Å². The number of carbonyl (C=O) groups excluding carboxylic acids is 2. The highest BCUT2D eigenvalue weighted by Gasteiger charge is 2.23. The number of anilines is 2. The summed E-state index contributed by atoms with van der Waals surface area (Å²) in [6, 6.07) is 17.6. The highest BCUT2D eigenvalue weighted by molar-refractivity contribution is 7.92. The molecule has 7 nitrogen and oxygen atoms in total. The zero-order valence-corrected chi connectivity index (χ0v) is 18.1. The van der Waals surface area contributed by atoms with E-state index in [9.17, 15) is 22.4 Å². The lowest BCUT2D eigenvalue weighted by atomic mass is 10.1. The highest BCUT2D eigenvalue weighted by Crippen LogP contribution is 2.22. The van der Waals surface area contributed by atoms with Crippen molar-refractivity contribution >= 4 is 33.3 Å². The molecule has 3 aromatic carbocycles. The van der Waals surface area contributed by atoms with Gasteiger partial charge in [0.05, 0.1) is 10.5 Å². The third-order valence-electron chi connectivity index (χ3n) is 4.50. The first-order valence-corrected chi connectivity index (χ1v) is 11.1. The Morgan fingerprint density at radius 1 is 0.938 bits per heavy atom. The number of nitrogens with one attached hydrogen (secondary N) is 2. The summed E-state index contributed by atoms with van der Waals surface area (Å²) in [6.07, 6.45) is -1.11. The number of sulfonamides is 1. The normalized spacial score (nSPS) is 12.0. The van der Waals surface area contributed by atoms with Crippen LogP contribution in [0.4, 0.5) is 15.8 Å². The molecule has 0 aliphatic rings. The quantitative estimate of drug-likeness (QED) is 0.521. The van der Waals surface area contributed by atoms with Crippen molar-refractivity contribution < 1.29 is 27.1 Å². The number of hydrogen-bond acceptors (Lipinski definition) is 5. The van der Waals surface area contributed by atoms with Crippen LogP contribution in [0.25, 0.3) is 0 Å². The number of benzene rings is 3. The second-order valence-corrected chi connectivity index (χ2v) is 8.65. The molecule has 166 valence electrons. The van der Waals surface area contributed by atoms with Crippen molar-refractivity contribution in [3.63, 3.8) is 0 Å². The van der Waals surface area contributed by atoms with Crippen LogP contribution in [0.5, 0.6) is 0 Å². The van der Waals surface area contributed by atoms with Gasteiger partial charge in [0.25, 0.3) is 15.9 Å². The van der Waals surface area contributed by atoms with Crippen LogP contribution >= 0.6 is 0 Å². The van der Waals surface area contributed by atoms with Crippen molar-refractivity contribution in [1.29, 1.82) is 0 Å². The number of rotatable bonds is 7. The van der Waals surface area contributed by atoms with Crippen molar-refractivity contribution in [3.8, 4) is 0 Å². The number of hydrogen-bond donors (Lipinski definition) is 2. The standard InChI is InChI=1S/C23H21FN2O5S/c1-15-8-9-17(14-21(15)32(29,30)26-20-12-10-18(24)11-13-20)23(28)31-16(2)22(27)25-19-6-4-3-5-7-19/h3-14,16,26H,1-2H3,(H,25,27)/t16-/m1/s1. The fourth-order valence-corrected chi connectivity index (χ4v) is 4.12. The Morgan fingerprint density at radius 2 is 1.59 bits per heavy atom. The largest absolute Gasteiger partial charge is 0.449 e. The van der Waals surface area contributed by atoms with Crippen LogP contribution in [0.3, 0.4) is 0 Å². The number of carbonyl (C=O) groups is 2. The monoisotopic (exact) mass is 456 g/mol. The molecule has 0 unspecified atom stereocenters. The Kier molecular flexibility index (Phi) is 6.89. The molecule has 0 saturated heterocycles. The summed E-state index contributed by atoms with van der Waals surface area (Å²) in [5.41, 5.74) is 1.08. The minimum absolute atomic E-state index is 0.0329. The lowest BCUT2D eigenvalue weighted by molar-refractivity contribution is -0.123. The van der Waals surface area contributed by atoms with E-state index >= 15 is 0 Å². The van der Waals surface area contributed by atoms with Gasteiger partial charge in [0, 0.05) is 11.4 Å². The zero-order chi connectivity index (χ0) is 23.3. The Hall–Kier alpha value is -3.72. The zero-order valence-electron chi connectivity index (χ0n) is 17.3. The summed E-state index contributed by atoms with van der Waals surface area (Å²) in [5.74, 6) is -1.87. The van der Waals surface area contributed by atoms with E-state index in [1.807, 2.05) is 0 Å². The van der Waals surface area contributed by atoms with Gasteiger partial charge in [-0.15, -0.1) is 0 Å². The molecular weight excluding hydrogens is 435 g/mol. The average Bonchev–Trinajstić information content (AvgIpc) is 2.76. The van der Waals surface area contributed by atoms with Crippen LogP contribution in [0.15, 0.2) is 77.7 Å². The lowest BCUT2D eigenvalue weighted by Gasteiger charge is -2.15. The molecule has 3 rings (SSSR count). The average molecular weight is 456 g/mol. The van der Waals surface area contributed by atoms with Crippen LogP contribution in [0.2, 0.25) is 0 Å². The van der Waals surface area contributed by atoms with Gasteiger partial charge in [-0.05, 0) is 67.9 Å². The number of para-hydroxylation sites is 1. The van der Waals surface area contributed by atoms with E-state index in [4.69, 9.17) is 4.74 Å². The molecule has 0 spiro atoms. The molecular formula is C23H21FN2O5S. The van der Waals surface area contributed by atoms with E-state index in [-0.39, 0.29) is 16.1 Å². The van der Waals surface area contributed by atoms with Gasteiger partial charge < -0.3 is 10.1 Å². The molecule has 0 fully saturated rings. The van der Waals surface area contributed by atoms with E-state index in [1.165, 1.54) is 37.3 Å². The van der Waals surface area contributed by atoms with Gasteiger partial charge >= 0.3 is 5.97 Å². The third kappa shape index (κ3) is 5.70. The Bertz CT molecular complexity index is 1230. The summed E-state index contributed by atoms with van der Waals surface area (Å²) in [6.45, 7) is 2.99. The SMILES string of the molecule is Cc1ccc(C(=O)O[C@H](C)C(=O)Nc2ccccc2)cc1S(=O)(=O)Nc1ccc(F)cc1. The van der Waals surface area contributed by atoms with Gasteiger partial charge in [-0.25, -0.2) is 17.6 Å². The van der Waals surface area contributed by atoms with Gasteiger partial charge in [-0.2, -0.15) is 0 Å². The third-order valence-corrected chi connectivity index (χ3v) is 6.03. The second-order valence-electron chi connectivity index (χ2n) is 7.00. The maximum atomic E-state index is 13.1. The van der Waals surface area contributed by atoms with Crippen molar-refractivity contribution in [2.45, 2.75) is 24.8 Å². The number of ether oxygens (including phenoxy) is 1. The van der Waals surface area contributed by atoms with Gasteiger partial charge in [0.15, 0.2) is 6.10 Å². The number of amides is 1. The van der Waals surface area contributed by atoms with Crippen LogP contribution in [0.1, 0.15) is 22.8 Å². The van der Waals surface area contributed by atoms with Gasteiger partial charge in [-0.1, -0.05) is 24.3 Å². The molecule has 0 aliphatic carbocycles. The molecule has 0 heterocycles. The summed E-state index contributed by atoms with van der Waals surface area (Å²) in [7, 11) is -4.06. The smallest absolute Gasteiger partial charge is 0.338 e. The summed E-state index contributed by atoms with van der Waals surface area (Å²) < 4.78 is 46.2. The van der Waals surface area contributed by atoms with Gasteiger partial charge in [0.2, 0.25) is 0 Å². The van der Waals surface area contributed by atoms with Gasteiger partial charge in [-0.3, -0.25) is 9.52 Å². The van der Waals surface area contributed by atoms with E-state index in [2.05, 4.69) is 10.0 Å². The maximum absolute atomic E-state index is 13.1. The van der Waals surface area contributed by atoms with Crippen molar-refractivity contribution in [2.75, 3.05) is 10.0 Å². The minimum atomic E-state index is -4.06. The van der Waals surface area contributed by atoms with E-state index in [1.54, 1.807) is 37.3 Å². The second kappa shape index (κ2) is 9.61. The molecule has 9 heteroatoms. The Balaban J connectivity index is 1.74. The summed E-state index contributed by atoms with van der Waals surface area (Å²) in [4.78, 5) is 24.7. The molecule has 32 heavy (non-hydrogen) atoms. The summed E-state index contributed by atoms with van der Waals surface area (Å²) >= 11 is 0. The van der Waals surface area contributed by atoms with Crippen molar-refractivity contribution in [3.05, 3.63) is 89.7 Å². The van der Waals surface area contributed by atoms with Crippen LogP contribution in [-0.2, 0) is 19.6 Å². The predicted molar refractivity (Wildman–Crippen MR) is 118 cm³/mol. The van der Waals surface area contributed by atoms with Crippen LogP contribution < -0.4 is 10.0 Å². The van der Waals surface area contributed by atoms with Crippen LogP contribution in [-0.4, -0.2) is 26.4 Å². The van der Waals surface area contributed by atoms with Crippen molar-refractivity contribution in [2.24, 2.45) is 0 Å².